The zero-order chi connectivity index (χ0) is 16.4. The van der Waals surface area contributed by atoms with Crippen LogP contribution in [0.1, 0.15) is 43.8 Å². The van der Waals surface area contributed by atoms with Crippen molar-refractivity contribution in [2.75, 3.05) is 18.8 Å². The van der Waals surface area contributed by atoms with Gasteiger partial charge in [-0.25, -0.2) is 9.97 Å². The van der Waals surface area contributed by atoms with Crippen molar-refractivity contribution in [2.45, 2.75) is 18.8 Å². The van der Waals surface area contributed by atoms with Crippen LogP contribution in [-0.4, -0.2) is 39.8 Å². The lowest BCUT2D eigenvalue weighted by molar-refractivity contribution is 0.0710. The number of hydrogen-bond donors (Lipinski definition) is 2. The van der Waals surface area contributed by atoms with Gasteiger partial charge >= 0.3 is 0 Å². The molecule has 2 aromatic rings. The van der Waals surface area contributed by atoms with Gasteiger partial charge in [0.25, 0.3) is 11.8 Å². The highest BCUT2D eigenvalue weighted by Gasteiger charge is 2.27. The molecule has 7 nitrogen and oxygen atoms in total. The van der Waals surface area contributed by atoms with Crippen LogP contribution in [0.15, 0.2) is 24.4 Å². The Kier molecular flexibility index (Phi) is 4.24. The quantitative estimate of drug-likeness (QED) is 0.878. The fourth-order valence-corrected chi connectivity index (χ4v) is 3.59. The van der Waals surface area contributed by atoms with Crippen LogP contribution < -0.4 is 11.5 Å². The van der Waals surface area contributed by atoms with E-state index in [4.69, 9.17) is 11.5 Å². The van der Waals surface area contributed by atoms with Gasteiger partial charge in [0.1, 0.15) is 0 Å². The number of likely N-dealkylation sites (tertiary alicyclic amines) is 1. The number of carbonyl (C=O) groups is 2. The normalized spacial score (nSPS) is 17.9. The van der Waals surface area contributed by atoms with Crippen molar-refractivity contribution in [1.29, 1.82) is 0 Å². The number of nitrogen functional groups attached to an aromatic ring is 1. The summed E-state index contributed by atoms with van der Waals surface area (Å²) in [5, 5.41) is 0. The molecule has 120 valence electrons. The van der Waals surface area contributed by atoms with E-state index < -0.39 is 5.91 Å². The number of rotatable bonds is 3. The lowest BCUT2D eigenvalue weighted by Gasteiger charge is -2.32. The first kappa shape index (κ1) is 15.4. The number of anilines is 1. The molecule has 3 rings (SSSR count). The van der Waals surface area contributed by atoms with Gasteiger partial charge in [-0.1, -0.05) is 0 Å². The highest BCUT2D eigenvalue weighted by Crippen LogP contribution is 2.28. The van der Waals surface area contributed by atoms with E-state index in [9.17, 15) is 9.59 Å². The van der Waals surface area contributed by atoms with Crippen LogP contribution in [0.2, 0.25) is 0 Å². The molecule has 1 aliphatic heterocycles. The fraction of sp³-hybridized carbons (Fsp3) is 0.333. The molecule has 0 aromatic carbocycles. The number of thiophene rings is 1. The number of nitrogens with two attached hydrogens (primary N) is 2. The van der Waals surface area contributed by atoms with E-state index in [0.29, 0.717) is 22.8 Å². The lowest BCUT2D eigenvalue weighted by atomic mass is 9.94. The Morgan fingerprint density at radius 1 is 1.26 bits per heavy atom. The van der Waals surface area contributed by atoms with Gasteiger partial charge in [-0.05, 0) is 31.0 Å². The first-order valence-corrected chi connectivity index (χ1v) is 8.13. The van der Waals surface area contributed by atoms with Gasteiger partial charge in [0.2, 0.25) is 5.95 Å². The molecule has 2 amide bonds. The maximum absolute atomic E-state index is 12.6. The molecule has 0 bridgehead atoms. The van der Waals surface area contributed by atoms with Gasteiger partial charge in [0.05, 0.1) is 15.4 Å². The summed E-state index contributed by atoms with van der Waals surface area (Å²) in [6, 6.07) is 5.08. The molecule has 1 unspecified atom stereocenters. The van der Waals surface area contributed by atoms with E-state index >= 15 is 0 Å². The molecule has 0 aliphatic carbocycles. The molecule has 23 heavy (non-hydrogen) atoms. The summed E-state index contributed by atoms with van der Waals surface area (Å²) >= 11 is 1.13. The van der Waals surface area contributed by atoms with Crippen molar-refractivity contribution in [3.63, 3.8) is 0 Å². The second-order valence-corrected chi connectivity index (χ2v) is 6.54. The fourth-order valence-electron chi connectivity index (χ4n) is 2.76. The molecule has 3 heterocycles. The number of aromatic nitrogens is 2. The molecular formula is C15H17N5O2S. The van der Waals surface area contributed by atoms with Crippen LogP contribution in [0.3, 0.4) is 0 Å². The molecule has 4 N–H and O–H groups in total. The Hall–Kier alpha value is -2.48. The smallest absolute Gasteiger partial charge is 0.263 e. The van der Waals surface area contributed by atoms with Crippen LogP contribution in [0.5, 0.6) is 0 Å². The van der Waals surface area contributed by atoms with Gasteiger partial charge in [0, 0.05) is 25.2 Å². The van der Waals surface area contributed by atoms with E-state index in [-0.39, 0.29) is 17.8 Å². The number of primary amides is 1. The number of amides is 2. The number of piperidine rings is 1. The topological polar surface area (TPSA) is 115 Å². The first-order chi connectivity index (χ1) is 11.0. The highest BCUT2D eigenvalue weighted by molar-refractivity contribution is 7.15. The summed E-state index contributed by atoms with van der Waals surface area (Å²) in [4.78, 5) is 34.6. The second-order valence-electron chi connectivity index (χ2n) is 5.46. The van der Waals surface area contributed by atoms with E-state index in [1.807, 2.05) is 6.07 Å². The number of hydrogen-bond acceptors (Lipinski definition) is 6. The molecule has 2 aromatic heterocycles. The molecular weight excluding hydrogens is 314 g/mol. The maximum Gasteiger partial charge on any atom is 0.263 e. The third-order valence-electron chi connectivity index (χ3n) is 3.88. The lowest BCUT2D eigenvalue weighted by Crippen LogP contribution is -2.39. The van der Waals surface area contributed by atoms with E-state index in [1.165, 1.54) is 0 Å². The van der Waals surface area contributed by atoms with Crippen LogP contribution in [0.4, 0.5) is 5.95 Å². The average Bonchev–Trinajstić information content (AvgIpc) is 3.04. The van der Waals surface area contributed by atoms with Crippen molar-refractivity contribution >= 4 is 29.1 Å². The summed E-state index contributed by atoms with van der Waals surface area (Å²) in [5.74, 6) is -0.194. The summed E-state index contributed by atoms with van der Waals surface area (Å²) in [6.07, 6.45) is 3.49. The third-order valence-corrected chi connectivity index (χ3v) is 4.97. The minimum Gasteiger partial charge on any atom is -0.368 e. The summed E-state index contributed by atoms with van der Waals surface area (Å²) in [6.45, 7) is 1.28. The van der Waals surface area contributed by atoms with Crippen LogP contribution in [0.25, 0.3) is 0 Å². The largest absolute Gasteiger partial charge is 0.368 e. The predicted octanol–water partition coefficient (Wildman–Crippen LogP) is 1.24. The Labute approximate surface area is 137 Å². The van der Waals surface area contributed by atoms with E-state index in [2.05, 4.69) is 9.97 Å². The molecule has 0 saturated carbocycles. The van der Waals surface area contributed by atoms with Crippen LogP contribution >= 0.6 is 11.3 Å². The van der Waals surface area contributed by atoms with Crippen LogP contribution in [-0.2, 0) is 0 Å². The van der Waals surface area contributed by atoms with Gasteiger partial charge in [-0.15, -0.1) is 11.3 Å². The minimum absolute atomic E-state index is 0.0748. The van der Waals surface area contributed by atoms with Crippen molar-refractivity contribution in [2.24, 2.45) is 5.73 Å². The van der Waals surface area contributed by atoms with E-state index in [0.717, 1.165) is 29.9 Å². The predicted molar refractivity (Wildman–Crippen MR) is 87.2 cm³/mol. The van der Waals surface area contributed by atoms with Gasteiger partial charge in [0.15, 0.2) is 0 Å². The van der Waals surface area contributed by atoms with Crippen molar-refractivity contribution in [3.05, 3.63) is 39.8 Å². The van der Waals surface area contributed by atoms with Crippen molar-refractivity contribution in [3.8, 4) is 0 Å². The monoisotopic (exact) mass is 331 g/mol. The minimum atomic E-state index is -0.512. The Morgan fingerprint density at radius 2 is 2.04 bits per heavy atom. The molecule has 1 aliphatic rings. The van der Waals surface area contributed by atoms with E-state index in [1.54, 1.807) is 23.2 Å². The van der Waals surface area contributed by atoms with Crippen molar-refractivity contribution in [1.82, 2.24) is 14.9 Å². The van der Waals surface area contributed by atoms with Crippen molar-refractivity contribution < 1.29 is 9.59 Å². The zero-order valence-corrected chi connectivity index (χ0v) is 13.3. The molecule has 0 spiro atoms. The molecule has 1 saturated heterocycles. The first-order valence-electron chi connectivity index (χ1n) is 7.32. The summed E-state index contributed by atoms with van der Waals surface area (Å²) in [7, 11) is 0. The Bertz CT molecular complexity index is 745. The molecule has 1 fully saturated rings. The molecule has 0 radical (unpaired) electrons. The molecule has 8 heteroatoms. The summed E-state index contributed by atoms with van der Waals surface area (Å²) < 4.78 is 0. The number of carbonyl (C=O) groups excluding carboxylic acids is 2. The van der Waals surface area contributed by atoms with Gasteiger partial charge in [-0.3, -0.25) is 9.59 Å². The standard InChI is InChI=1S/C15H17N5O2S/c16-13(21)11-3-4-12(23-11)14(22)20-7-1-2-9(8-20)10-5-6-18-15(17)19-10/h3-6,9H,1-2,7-8H2,(H2,16,21)(H2,17,18,19). The Balaban J connectivity index is 1.75. The second kappa shape index (κ2) is 6.33. The zero-order valence-electron chi connectivity index (χ0n) is 12.4. The maximum atomic E-state index is 12.6. The van der Waals surface area contributed by atoms with Gasteiger partial charge in [-0.2, -0.15) is 0 Å². The SMILES string of the molecule is NC(=O)c1ccc(C(=O)N2CCCC(c3ccnc(N)n3)C2)s1. The van der Waals surface area contributed by atoms with Gasteiger partial charge < -0.3 is 16.4 Å². The highest BCUT2D eigenvalue weighted by atomic mass is 32.1. The third kappa shape index (κ3) is 3.31. The average molecular weight is 331 g/mol. The summed E-state index contributed by atoms with van der Waals surface area (Å²) in [5.41, 5.74) is 11.7. The number of nitrogens with zero attached hydrogens (tertiary/aromatic N) is 3. The molecule has 1 atom stereocenters. The Morgan fingerprint density at radius 3 is 2.74 bits per heavy atom. The van der Waals surface area contributed by atoms with Crippen LogP contribution in [0, 0.1) is 0 Å².